The van der Waals surface area contributed by atoms with Crippen LogP contribution in [0.5, 0.6) is 0 Å². The summed E-state index contributed by atoms with van der Waals surface area (Å²) in [5.74, 6) is 0.356. The van der Waals surface area contributed by atoms with E-state index in [1.54, 1.807) is 11.3 Å². The number of nitrogens with zero attached hydrogens (tertiary/aromatic N) is 4. The first kappa shape index (κ1) is 17.9. The van der Waals surface area contributed by atoms with Crippen LogP contribution in [0.4, 0.5) is 0 Å². The van der Waals surface area contributed by atoms with Gasteiger partial charge in [-0.05, 0) is 31.5 Å². The van der Waals surface area contributed by atoms with Crippen LogP contribution in [-0.4, -0.2) is 31.6 Å². The summed E-state index contributed by atoms with van der Waals surface area (Å²) in [5, 5.41) is 19.4. The van der Waals surface area contributed by atoms with E-state index in [0.29, 0.717) is 10.8 Å². The summed E-state index contributed by atoms with van der Waals surface area (Å²) in [6.07, 6.45) is 0.755. The van der Waals surface area contributed by atoms with E-state index in [1.807, 2.05) is 35.8 Å². The van der Waals surface area contributed by atoms with E-state index in [2.05, 4.69) is 23.2 Å². The summed E-state index contributed by atoms with van der Waals surface area (Å²) >= 11 is 7.71. The highest BCUT2D eigenvalue weighted by molar-refractivity contribution is 7.15. The van der Waals surface area contributed by atoms with E-state index < -0.39 is 12.0 Å². The molecule has 0 fully saturated rings. The minimum absolute atomic E-state index is 0.148. The van der Waals surface area contributed by atoms with Gasteiger partial charge in [-0.3, -0.25) is 14.4 Å². The maximum absolute atomic E-state index is 11.5. The summed E-state index contributed by atoms with van der Waals surface area (Å²) in [7, 11) is 0. The number of aliphatic imine (C=N–C) groups is 1. The average molecular weight is 401 g/mol. The SMILES string of the molecule is CCc1cc2c(s1)-n1c(C)nnc1C(CC(=O)O)N=C2c1ccc(Cl)cc1. The summed E-state index contributed by atoms with van der Waals surface area (Å²) in [4.78, 5) is 17.5. The fraction of sp³-hybridized carbons (Fsp3) is 0.263. The molecule has 0 bridgehead atoms. The van der Waals surface area contributed by atoms with Gasteiger partial charge in [-0.1, -0.05) is 30.7 Å². The minimum Gasteiger partial charge on any atom is -0.481 e. The van der Waals surface area contributed by atoms with Crippen molar-refractivity contribution in [2.75, 3.05) is 0 Å². The van der Waals surface area contributed by atoms with Crippen LogP contribution in [0, 0.1) is 6.92 Å². The molecular formula is C19H17ClN4O2S. The van der Waals surface area contributed by atoms with E-state index in [-0.39, 0.29) is 6.42 Å². The van der Waals surface area contributed by atoms with Crippen molar-refractivity contribution in [3.05, 3.63) is 63.0 Å². The van der Waals surface area contributed by atoms with Crippen LogP contribution >= 0.6 is 22.9 Å². The van der Waals surface area contributed by atoms with Crippen molar-refractivity contribution < 1.29 is 9.90 Å². The van der Waals surface area contributed by atoms with Gasteiger partial charge in [0.15, 0.2) is 5.82 Å². The number of halogens is 1. The summed E-state index contributed by atoms with van der Waals surface area (Å²) in [5.41, 5.74) is 2.62. The quantitative estimate of drug-likeness (QED) is 0.710. The van der Waals surface area contributed by atoms with E-state index in [9.17, 15) is 9.90 Å². The molecule has 1 N–H and O–H groups in total. The van der Waals surface area contributed by atoms with Crippen LogP contribution in [0.2, 0.25) is 5.02 Å². The highest BCUT2D eigenvalue weighted by atomic mass is 35.5. The van der Waals surface area contributed by atoms with Gasteiger partial charge in [0.2, 0.25) is 0 Å². The second-order valence-electron chi connectivity index (χ2n) is 6.32. The van der Waals surface area contributed by atoms with E-state index in [1.165, 1.54) is 4.88 Å². The number of carboxylic acids is 1. The summed E-state index contributed by atoms with van der Waals surface area (Å²) in [6, 6.07) is 8.96. The van der Waals surface area contributed by atoms with Crippen LogP contribution in [-0.2, 0) is 11.2 Å². The van der Waals surface area contributed by atoms with Crippen molar-refractivity contribution in [1.82, 2.24) is 14.8 Å². The maximum atomic E-state index is 11.5. The standard InChI is InChI=1S/C19H17ClN4O2S/c1-3-13-8-14-17(11-4-6-12(20)7-5-11)21-15(9-16(25)26)18-23-22-10(2)24(18)19(14)27-13/h4-8,15H,3,9H2,1-2H3,(H,25,26). The highest BCUT2D eigenvalue weighted by Crippen LogP contribution is 2.37. The fourth-order valence-corrected chi connectivity index (χ4v) is 4.49. The molecule has 3 heterocycles. The van der Waals surface area contributed by atoms with Crippen molar-refractivity contribution in [3.8, 4) is 5.00 Å². The molecular weight excluding hydrogens is 384 g/mol. The molecule has 0 radical (unpaired) electrons. The van der Waals surface area contributed by atoms with Crippen LogP contribution in [0.25, 0.3) is 5.00 Å². The lowest BCUT2D eigenvalue weighted by Gasteiger charge is -2.10. The van der Waals surface area contributed by atoms with Gasteiger partial charge in [-0.2, -0.15) is 0 Å². The number of aliphatic carboxylic acids is 1. The molecule has 8 heteroatoms. The zero-order chi connectivity index (χ0) is 19.1. The molecule has 1 atom stereocenters. The van der Waals surface area contributed by atoms with Crippen LogP contribution in [0.3, 0.4) is 0 Å². The number of carboxylic acid groups (broad SMARTS) is 1. The van der Waals surface area contributed by atoms with Gasteiger partial charge >= 0.3 is 5.97 Å². The molecule has 6 nitrogen and oxygen atoms in total. The van der Waals surface area contributed by atoms with Crippen LogP contribution in [0.15, 0.2) is 35.3 Å². The monoisotopic (exact) mass is 400 g/mol. The third-order valence-electron chi connectivity index (χ3n) is 4.49. The maximum Gasteiger partial charge on any atom is 0.306 e. The number of aromatic nitrogens is 3. The van der Waals surface area contributed by atoms with Crippen LogP contribution < -0.4 is 0 Å². The minimum atomic E-state index is -0.925. The number of fused-ring (bicyclic) bond motifs is 3. The van der Waals surface area contributed by atoms with Gasteiger partial charge in [0.1, 0.15) is 16.9 Å². The molecule has 0 aliphatic carbocycles. The van der Waals surface area contributed by atoms with E-state index in [4.69, 9.17) is 16.6 Å². The first-order chi connectivity index (χ1) is 13.0. The molecule has 138 valence electrons. The normalized spacial score (nSPS) is 15.7. The van der Waals surface area contributed by atoms with Gasteiger partial charge in [-0.15, -0.1) is 21.5 Å². The van der Waals surface area contributed by atoms with Crippen molar-refractivity contribution in [2.24, 2.45) is 4.99 Å². The number of benzene rings is 1. The summed E-state index contributed by atoms with van der Waals surface area (Å²) in [6.45, 7) is 3.98. The zero-order valence-electron chi connectivity index (χ0n) is 14.8. The molecule has 1 aliphatic heterocycles. The highest BCUT2D eigenvalue weighted by Gasteiger charge is 2.31. The van der Waals surface area contributed by atoms with Gasteiger partial charge in [0.25, 0.3) is 0 Å². The van der Waals surface area contributed by atoms with Gasteiger partial charge in [0, 0.05) is 21.0 Å². The first-order valence-corrected chi connectivity index (χ1v) is 9.78. The van der Waals surface area contributed by atoms with Crippen molar-refractivity contribution in [2.45, 2.75) is 32.7 Å². The smallest absolute Gasteiger partial charge is 0.306 e. The molecule has 0 saturated carbocycles. The van der Waals surface area contributed by atoms with Crippen molar-refractivity contribution in [1.29, 1.82) is 0 Å². The number of rotatable bonds is 4. The third kappa shape index (κ3) is 3.17. The van der Waals surface area contributed by atoms with Crippen LogP contribution in [0.1, 0.15) is 47.0 Å². The Bertz CT molecular complexity index is 1050. The molecule has 2 aromatic heterocycles. The Hall–Kier alpha value is -2.51. The number of hydrogen-bond donors (Lipinski definition) is 1. The molecule has 1 aliphatic rings. The largest absolute Gasteiger partial charge is 0.481 e. The Balaban J connectivity index is 1.99. The van der Waals surface area contributed by atoms with Gasteiger partial charge in [-0.25, -0.2) is 0 Å². The second kappa shape index (κ2) is 6.90. The Labute approximate surface area is 165 Å². The predicted octanol–water partition coefficient (Wildman–Crippen LogP) is 4.22. The Morgan fingerprint density at radius 3 is 2.70 bits per heavy atom. The fourth-order valence-electron chi connectivity index (χ4n) is 3.21. The number of hydrogen-bond acceptors (Lipinski definition) is 5. The first-order valence-electron chi connectivity index (χ1n) is 8.58. The third-order valence-corrected chi connectivity index (χ3v) is 6.01. The molecule has 1 unspecified atom stereocenters. The zero-order valence-corrected chi connectivity index (χ0v) is 16.4. The molecule has 27 heavy (non-hydrogen) atoms. The average Bonchev–Trinajstić information content (AvgIpc) is 3.19. The number of carbonyl (C=O) groups is 1. The lowest BCUT2D eigenvalue weighted by molar-refractivity contribution is -0.137. The molecule has 4 rings (SSSR count). The van der Waals surface area contributed by atoms with Gasteiger partial charge < -0.3 is 5.11 Å². The number of thiophene rings is 1. The second-order valence-corrected chi connectivity index (χ2v) is 7.88. The lowest BCUT2D eigenvalue weighted by Crippen LogP contribution is -2.10. The van der Waals surface area contributed by atoms with Gasteiger partial charge in [0.05, 0.1) is 12.1 Å². The molecule has 0 spiro atoms. The molecule has 3 aromatic rings. The predicted molar refractivity (Wildman–Crippen MR) is 105 cm³/mol. The van der Waals surface area contributed by atoms with Crippen molar-refractivity contribution in [3.63, 3.8) is 0 Å². The van der Waals surface area contributed by atoms with Crippen molar-refractivity contribution >= 4 is 34.6 Å². The molecule has 0 amide bonds. The Kier molecular flexibility index (Phi) is 4.57. The Morgan fingerprint density at radius 2 is 2.04 bits per heavy atom. The summed E-state index contributed by atoms with van der Waals surface area (Å²) < 4.78 is 1.94. The number of aryl methyl sites for hydroxylation is 2. The molecule has 1 aromatic carbocycles. The topological polar surface area (TPSA) is 80.4 Å². The van der Waals surface area contributed by atoms with E-state index >= 15 is 0 Å². The lowest BCUT2D eigenvalue weighted by atomic mass is 10.0. The molecule has 0 saturated heterocycles. The Morgan fingerprint density at radius 1 is 1.30 bits per heavy atom. The van der Waals surface area contributed by atoms with E-state index in [0.717, 1.165) is 34.1 Å².